The first-order chi connectivity index (χ1) is 7.01. The summed E-state index contributed by atoms with van der Waals surface area (Å²) in [5.74, 6) is 1.18. The SMILES string of the molecule is CCC1CCNC(CCCS(C)(=O)=O)C1. The Labute approximate surface area is 93.6 Å². The number of hydrogen-bond acceptors (Lipinski definition) is 3. The molecule has 1 saturated heterocycles. The fourth-order valence-electron chi connectivity index (χ4n) is 2.28. The van der Waals surface area contributed by atoms with Crippen molar-refractivity contribution in [2.75, 3.05) is 18.6 Å². The van der Waals surface area contributed by atoms with Crippen LogP contribution in [0.15, 0.2) is 0 Å². The molecule has 1 N–H and O–H groups in total. The molecule has 15 heavy (non-hydrogen) atoms. The molecule has 0 aromatic carbocycles. The van der Waals surface area contributed by atoms with Crippen LogP contribution in [0.1, 0.15) is 39.0 Å². The van der Waals surface area contributed by atoms with Crippen LogP contribution < -0.4 is 5.32 Å². The maximum atomic E-state index is 11.0. The van der Waals surface area contributed by atoms with E-state index >= 15 is 0 Å². The second kappa shape index (κ2) is 5.85. The van der Waals surface area contributed by atoms with E-state index in [0.29, 0.717) is 11.8 Å². The van der Waals surface area contributed by atoms with E-state index in [9.17, 15) is 8.42 Å². The van der Waals surface area contributed by atoms with Gasteiger partial charge >= 0.3 is 0 Å². The molecule has 0 aromatic heterocycles. The van der Waals surface area contributed by atoms with Gasteiger partial charge in [-0.1, -0.05) is 13.3 Å². The number of piperidine rings is 1. The Hall–Kier alpha value is -0.0900. The molecular formula is C11H23NO2S. The number of rotatable bonds is 5. The minimum atomic E-state index is -2.77. The van der Waals surface area contributed by atoms with Crippen molar-refractivity contribution in [3.05, 3.63) is 0 Å². The standard InChI is InChI=1S/C11H23NO2S/c1-3-10-6-7-12-11(9-10)5-4-8-15(2,13)14/h10-12H,3-9H2,1-2H3. The maximum Gasteiger partial charge on any atom is 0.147 e. The largest absolute Gasteiger partial charge is 0.314 e. The van der Waals surface area contributed by atoms with Crippen LogP contribution in [0.2, 0.25) is 0 Å². The predicted molar refractivity (Wildman–Crippen MR) is 63.8 cm³/mol. The van der Waals surface area contributed by atoms with Crippen molar-refractivity contribution in [2.45, 2.75) is 45.1 Å². The van der Waals surface area contributed by atoms with Crippen LogP contribution in [0.3, 0.4) is 0 Å². The van der Waals surface area contributed by atoms with Crippen LogP contribution in [0, 0.1) is 5.92 Å². The molecule has 0 bridgehead atoms. The highest BCUT2D eigenvalue weighted by Crippen LogP contribution is 2.21. The molecule has 4 heteroatoms. The Morgan fingerprint density at radius 3 is 2.73 bits per heavy atom. The summed E-state index contributed by atoms with van der Waals surface area (Å²) in [6.45, 7) is 3.34. The van der Waals surface area contributed by atoms with Gasteiger partial charge in [-0.3, -0.25) is 0 Å². The van der Waals surface area contributed by atoms with E-state index in [2.05, 4.69) is 12.2 Å². The minimum Gasteiger partial charge on any atom is -0.314 e. The Morgan fingerprint density at radius 2 is 2.13 bits per heavy atom. The van der Waals surface area contributed by atoms with Gasteiger partial charge in [-0.15, -0.1) is 0 Å². The summed E-state index contributed by atoms with van der Waals surface area (Å²) in [4.78, 5) is 0. The molecule has 1 heterocycles. The molecule has 0 spiro atoms. The molecule has 0 amide bonds. The summed E-state index contributed by atoms with van der Waals surface area (Å²) in [6.07, 6.45) is 6.87. The third kappa shape index (κ3) is 5.52. The van der Waals surface area contributed by atoms with E-state index in [1.165, 1.54) is 25.5 Å². The lowest BCUT2D eigenvalue weighted by molar-refractivity contribution is 0.284. The normalized spacial score (nSPS) is 27.9. The number of nitrogens with one attached hydrogen (secondary N) is 1. The van der Waals surface area contributed by atoms with Crippen molar-refractivity contribution in [1.29, 1.82) is 0 Å². The third-order valence-corrected chi connectivity index (χ3v) is 4.28. The summed E-state index contributed by atoms with van der Waals surface area (Å²) >= 11 is 0. The quantitative estimate of drug-likeness (QED) is 0.784. The zero-order valence-electron chi connectivity index (χ0n) is 9.83. The highest BCUT2D eigenvalue weighted by atomic mass is 32.2. The molecular weight excluding hydrogens is 210 g/mol. The van der Waals surface area contributed by atoms with Crippen molar-refractivity contribution in [1.82, 2.24) is 5.32 Å². The molecule has 0 aliphatic carbocycles. The topological polar surface area (TPSA) is 46.2 Å². The van der Waals surface area contributed by atoms with Crippen molar-refractivity contribution >= 4 is 9.84 Å². The van der Waals surface area contributed by atoms with Gasteiger partial charge in [-0.05, 0) is 38.1 Å². The molecule has 1 aliphatic rings. The van der Waals surface area contributed by atoms with Crippen LogP contribution in [0.4, 0.5) is 0 Å². The lowest BCUT2D eigenvalue weighted by atomic mass is 9.89. The Balaban J connectivity index is 2.21. The van der Waals surface area contributed by atoms with E-state index in [0.717, 1.165) is 25.3 Å². The summed E-state index contributed by atoms with van der Waals surface area (Å²) in [5, 5.41) is 3.47. The number of hydrogen-bond donors (Lipinski definition) is 1. The Morgan fingerprint density at radius 1 is 1.40 bits per heavy atom. The van der Waals surface area contributed by atoms with Crippen LogP contribution in [-0.2, 0) is 9.84 Å². The smallest absolute Gasteiger partial charge is 0.147 e. The van der Waals surface area contributed by atoms with Gasteiger partial charge in [0.15, 0.2) is 0 Å². The predicted octanol–water partition coefficient (Wildman–Crippen LogP) is 1.59. The Kier molecular flexibility index (Phi) is 5.06. The average Bonchev–Trinajstić information content (AvgIpc) is 2.16. The summed E-state index contributed by atoms with van der Waals surface area (Å²) in [6, 6.07) is 0.547. The Bertz CT molecular complexity index is 274. The van der Waals surface area contributed by atoms with E-state index in [4.69, 9.17) is 0 Å². The molecule has 0 aromatic rings. The summed E-state index contributed by atoms with van der Waals surface area (Å²) < 4.78 is 21.9. The highest BCUT2D eigenvalue weighted by molar-refractivity contribution is 7.90. The van der Waals surface area contributed by atoms with Gasteiger partial charge < -0.3 is 5.32 Å². The molecule has 3 nitrogen and oxygen atoms in total. The summed E-state index contributed by atoms with van der Waals surface area (Å²) in [5.41, 5.74) is 0. The van der Waals surface area contributed by atoms with E-state index < -0.39 is 9.84 Å². The van der Waals surface area contributed by atoms with Crippen molar-refractivity contribution in [3.8, 4) is 0 Å². The zero-order chi connectivity index (χ0) is 11.3. The van der Waals surface area contributed by atoms with Crippen molar-refractivity contribution in [3.63, 3.8) is 0 Å². The second-order valence-corrected chi connectivity index (χ2v) is 6.98. The first-order valence-corrected chi connectivity index (χ1v) is 7.98. The average molecular weight is 233 g/mol. The maximum absolute atomic E-state index is 11.0. The first kappa shape index (κ1) is 13.0. The molecule has 90 valence electrons. The zero-order valence-corrected chi connectivity index (χ0v) is 10.6. The molecule has 0 saturated carbocycles. The van der Waals surface area contributed by atoms with Crippen molar-refractivity contribution in [2.24, 2.45) is 5.92 Å². The second-order valence-electron chi connectivity index (χ2n) is 4.72. The fourth-order valence-corrected chi connectivity index (χ4v) is 2.97. The van der Waals surface area contributed by atoms with Gasteiger partial charge in [-0.25, -0.2) is 8.42 Å². The van der Waals surface area contributed by atoms with Crippen LogP contribution in [-0.4, -0.2) is 33.0 Å². The van der Waals surface area contributed by atoms with Gasteiger partial charge in [0.2, 0.25) is 0 Å². The molecule has 2 atom stereocenters. The van der Waals surface area contributed by atoms with E-state index in [-0.39, 0.29) is 0 Å². The fraction of sp³-hybridized carbons (Fsp3) is 1.00. The lowest BCUT2D eigenvalue weighted by Gasteiger charge is -2.29. The molecule has 2 unspecified atom stereocenters. The van der Waals surface area contributed by atoms with Crippen molar-refractivity contribution < 1.29 is 8.42 Å². The van der Waals surface area contributed by atoms with Gasteiger partial charge in [0.05, 0.1) is 0 Å². The lowest BCUT2D eigenvalue weighted by Crippen LogP contribution is -2.38. The molecule has 1 aliphatic heterocycles. The van der Waals surface area contributed by atoms with Gasteiger partial charge in [0, 0.05) is 18.1 Å². The van der Waals surface area contributed by atoms with Crippen LogP contribution >= 0.6 is 0 Å². The van der Waals surface area contributed by atoms with E-state index in [1.54, 1.807) is 0 Å². The molecule has 1 fully saturated rings. The summed E-state index contributed by atoms with van der Waals surface area (Å²) in [7, 11) is -2.77. The number of sulfone groups is 1. The van der Waals surface area contributed by atoms with Gasteiger partial charge in [0.1, 0.15) is 9.84 Å². The first-order valence-electron chi connectivity index (χ1n) is 5.92. The monoisotopic (exact) mass is 233 g/mol. The van der Waals surface area contributed by atoms with Gasteiger partial charge in [0.25, 0.3) is 0 Å². The van der Waals surface area contributed by atoms with Crippen LogP contribution in [0.25, 0.3) is 0 Å². The van der Waals surface area contributed by atoms with E-state index in [1.807, 2.05) is 0 Å². The minimum absolute atomic E-state index is 0.335. The molecule has 0 radical (unpaired) electrons. The molecule has 1 rings (SSSR count). The van der Waals surface area contributed by atoms with Gasteiger partial charge in [-0.2, -0.15) is 0 Å². The third-order valence-electron chi connectivity index (χ3n) is 3.25. The van der Waals surface area contributed by atoms with Crippen LogP contribution in [0.5, 0.6) is 0 Å². The highest BCUT2D eigenvalue weighted by Gasteiger charge is 2.19.